The number of carbonyl (C=O) groups excluding carboxylic acids is 1. The summed E-state index contributed by atoms with van der Waals surface area (Å²) < 4.78 is 7.69. The van der Waals surface area contributed by atoms with Gasteiger partial charge in [0.1, 0.15) is 11.8 Å². The van der Waals surface area contributed by atoms with E-state index in [2.05, 4.69) is 20.3 Å². The van der Waals surface area contributed by atoms with Crippen molar-refractivity contribution in [3.05, 3.63) is 17.8 Å². The van der Waals surface area contributed by atoms with Gasteiger partial charge in [0.25, 0.3) is 0 Å². The Hall–Kier alpha value is -1.77. The minimum absolute atomic E-state index is 0.0324. The first-order chi connectivity index (χ1) is 13.2. The van der Waals surface area contributed by atoms with Crippen molar-refractivity contribution in [2.24, 2.45) is 5.92 Å². The summed E-state index contributed by atoms with van der Waals surface area (Å²) in [4.78, 5) is 25.2. The van der Waals surface area contributed by atoms with Crippen molar-refractivity contribution in [2.45, 2.75) is 78.4 Å². The molecule has 1 fully saturated rings. The molecule has 2 N–H and O–H groups in total. The van der Waals surface area contributed by atoms with Gasteiger partial charge in [0.2, 0.25) is 5.91 Å². The van der Waals surface area contributed by atoms with Crippen molar-refractivity contribution in [3.8, 4) is 0 Å². The van der Waals surface area contributed by atoms with Gasteiger partial charge in [-0.2, -0.15) is 0 Å². The molecule has 1 aliphatic rings. The maximum Gasteiger partial charge on any atom is 0.226 e. The standard InChI is InChI=1S/C17H24ClN5O3.C2H6/c1-9(2)22-16(24)11-5-10(6-12(11)26-17(3,4)25)23-8-21-13-14(18)19-7-20-15(13)23;1-2/h7-12,25H,5-6H2,1-4H3,(H,22,24);1-2H3/t10?,11-,12-;/m0./s1. The second-order valence-corrected chi connectivity index (χ2v) is 7.84. The molecule has 28 heavy (non-hydrogen) atoms. The van der Waals surface area contributed by atoms with Crippen LogP contribution in [0.4, 0.5) is 0 Å². The molecule has 2 heterocycles. The maximum absolute atomic E-state index is 12.6. The van der Waals surface area contributed by atoms with Crippen LogP contribution in [-0.2, 0) is 9.53 Å². The molecule has 1 amide bonds. The molecule has 3 rings (SSSR count). The fraction of sp³-hybridized carbons (Fsp3) is 0.684. The van der Waals surface area contributed by atoms with E-state index in [-0.39, 0.29) is 23.9 Å². The normalized spacial score (nSPS) is 22.2. The van der Waals surface area contributed by atoms with Crippen LogP contribution in [0.1, 0.15) is 60.4 Å². The average Bonchev–Trinajstić information content (AvgIpc) is 3.19. The van der Waals surface area contributed by atoms with E-state index in [1.54, 1.807) is 20.2 Å². The van der Waals surface area contributed by atoms with E-state index in [1.165, 1.54) is 6.33 Å². The van der Waals surface area contributed by atoms with E-state index < -0.39 is 11.9 Å². The van der Waals surface area contributed by atoms with Gasteiger partial charge in [-0.15, -0.1) is 0 Å². The lowest BCUT2D eigenvalue weighted by atomic mass is 10.0. The van der Waals surface area contributed by atoms with Gasteiger partial charge in [-0.25, -0.2) is 15.0 Å². The van der Waals surface area contributed by atoms with Gasteiger partial charge in [0.15, 0.2) is 16.6 Å². The van der Waals surface area contributed by atoms with Crippen LogP contribution < -0.4 is 5.32 Å². The van der Waals surface area contributed by atoms with Crippen LogP contribution in [0, 0.1) is 5.92 Å². The van der Waals surface area contributed by atoms with Crippen LogP contribution in [-0.4, -0.2) is 48.5 Å². The molecule has 0 aromatic carbocycles. The highest BCUT2D eigenvalue weighted by molar-refractivity contribution is 6.33. The van der Waals surface area contributed by atoms with Gasteiger partial charge in [0, 0.05) is 12.1 Å². The molecule has 0 aliphatic heterocycles. The Morgan fingerprint density at radius 1 is 1.32 bits per heavy atom. The number of amides is 1. The minimum atomic E-state index is -1.32. The summed E-state index contributed by atoms with van der Waals surface area (Å²) in [6, 6.07) is -0.00816. The van der Waals surface area contributed by atoms with Crippen molar-refractivity contribution in [1.82, 2.24) is 24.8 Å². The van der Waals surface area contributed by atoms with Crippen LogP contribution in [0.15, 0.2) is 12.7 Å². The van der Waals surface area contributed by atoms with E-state index in [9.17, 15) is 9.90 Å². The number of nitrogens with zero attached hydrogens (tertiary/aromatic N) is 4. The second-order valence-electron chi connectivity index (χ2n) is 7.49. The molecule has 8 nitrogen and oxygen atoms in total. The Bertz CT molecular complexity index is 802. The van der Waals surface area contributed by atoms with Gasteiger partial charge in [-0.3, -0.25) is 4.79 Å². The summed E-state index contributed by atoms with van der Waals surface area (Å²) in [5.41, 5.74) is 1.16. The summed E-state index contributed by atoms with van der Waals surface area (Å²) >= 11 is 6.08. The van der Waals surface area contributed by atoms with Gasteiger partial charge in [-0.1, -0.05) is 25.4 Å². The number of rotatable bonds is 5. The lowest BCUT2D eigenvalue weighted by molar-refractivity contribution is -0.212. The number of hydrogen-bond acceptors (Lipinski definition) is 6. The third-order valence-electron chi connectivity index (χ3n) is 4.39. The van der Waals surface area contributed by atoms with E-state index in [4.69, 9.17) is 16.3 Å². The number of fused-ring (bicyclic) bond motifs is 1. The van der Waals surface area contributed by atoms with Gasteiger partial charge < -0.3 is 19.7 Å². The lowest BCUT2D eigenvalue weighted by Crippen LogP contribution is -2.42. The number of hydrogen-bond donors (Lipinski definition) is 2. The Morgan fingerprint density at radius 2 is 2.00 bits per heavy atom. The van der Waals surface area contributed by atoms with Crippen LogP contribution >= 0.6 is 11.6 Å². The number of carbonyl (C=O) groups is 1. The van der Waals surface area contributed by atoms with Crippen LogP contribution in [0.3, 0.4) is 0 Å². The van der Waals surface area contributed by atoms with Gasteiger partial charge in [-0.05, 0) is 40.5 Å². The highest BCUT2D eigenvalue weighted by Gasteiger charge is 2.43. The molecular formula is C19H30ClN5O3. The zero-order valence-corrected chi connectivity index (χ0v) is 18.1. The molecule has 0 radical (unpaired) electrons. The molecule has 1 saturated carbocycles. The fourth-order valence-corrected chi connectivity index (χ4v) is 3.64. The summed E-state index contributed by atoms with van der Waals surface area (Å²) in [6.07, 6.45) is 3.78. The molecule has 3 atom stereocenters. The quantitative estimate of drug-likeness (QED) is 0.579. The molecule has 0 spiro atoms. The summed E-state index contributed by atoms with van der Waals surface area (Å²) in [6.45, 7) is 11.0. The number of aliphatic hydroxyl groups is 1. The zero-order chi connectivity index (χ0) is 21.1. The number of ether oxygens (including phenoxy) is 1. The Morgan fingerprint density at radius 3 is 2.61 bits per heavy atom. The molecule has 0 saturated heterocycles. The molecule has 0 bridgehead atoms. The number of halogens is 1. The SMILES string of the molecule is CC.CC(C)NC(=O)[C@H]1CC(n2cnc3c(Cl)ncnc32)C[C@@H]1OC(C)(C)O. The van der Waals surface area contributed by atoms with E-state index in [1.807, 2.05) is 32.3 Å². The van der Waals surface area contributed by atoms with Crippen LogP contribution in [0.25, 0.3) is 11.2 Å². The molecule has 1 aliphatic carbocycles. The Labute approximate surface area is 170 Å². The second kappa shape index (κ2) is 9.15. The predicted molar refractivity (Wildman–Crippen MR) is 108 cm³/mol. The minimum Gasteiger partial charge on any atom is -0.366 e. The Balaban J connectivity index is 0.00000136. The molecular weight excluding hydrogens is 382 g/mol. The largest absolute Gasteiger partial charge is 0.366 e. The average molecular weight is 412 g/mol. The number of aromatic nitrogens is 4. The molecule has 9 heteroatoms. The van der Waals surface area contributed by atoms with E-state index in [0.717, 1.165) is 0 Å². The highest BCUT2D eigenvalue weighted by Crippen LogP contribution is 2.40. The van der Waals surface area contributed by atoms with Crippen LogP contribution in [0.5, 0.6) is 0 Å². The van der Waals surface area contributed by atoms with Gasteiger partial charge >= 0.3 is 0 Å². The fourth-order valence-electron chi connectivity index (χ4n) is 3.46. The van der Waals surface area contributed by atoms with E-state index >= 15 is 0 Å². The maximum atomic E-state index is 12.6. The topological polar surface area (TPSA) is 102 Å². The lowest BCUT2D eigenvalue weighted by Gasteiger charge is -2.27. The van der Waals surface area contributed by atoms with Crippen molar-refractivity contribution in [1.29, 1.82) is 0 Å². The van der Waals surface area contributed by atoms with Crippen molar-refractivity contribution in [3.63, 3.8) is 0 Å². The third-order valence-corrected chi connectivity index (χ3v) is 4.67. The first kappa shape index (κ1) is 22.5. The first-order valence-electron chi connectivity index (χ1n) is 9.69. The summed E-state index contributed by atoms with van der Waals surface area (Å²) in [7, 11) is 0. The summed E-state index contributed by atoms with van der Waals surface area (Å²) in [5.74, 6) is -1.77. The smallest absolute Gasteiger partial charge is 0.226 e. The first-order valence-corrected chi connectivity index (χ1v) is 10.1. The molecule has 2 aromatic rings. The van der Waals surface area contributed by atoms with Crippen molar-refractivity contribution in [2.75, 3.05) is 0 Å². The predicted octanol–water partition coefficient (Wildman–Crippen LogP) is 3.10. The summed E-state index contributed by atoms with van der Waals surface area (Å²) in [5, 5.41) is 13.3. The Kier molecular flexibility index (Phi) is 7.36. The zero-order valence-electron chi connectivity index (χ0n) is 17.3. The van der Waals surface area contributed by atoms with E-state index in [0.29, 0.717) is 29.2 Å². The molecule has 2 aromatic heterocycles. The molecule has 156 valence electrons. The monoisotopic (exact) mass is 411 g/mol. The molecule has 1 unspecified atom stereocenters. The van der Waals surface area contributed by atoms with Crippen molar-refractivity contribution >= 4 is 28.7 Å². The van der Waals surface area contributed by atoms with Gasteiger partial charge in [0.05, 0.1) is 18.3 Å². The third kappa shape index (κ3) is 5.18. The highest BCUT2D eigenvalue weighted by atomic mass is 35.5. The van der Waals surface area contributed by atoms with Crippen LogP contribution in [0.2, 0.25) is 5.15 Å². The number of nitrogens with one attached hydrogen (secondary N) is 1. The number of imidazole rings is 1. The van der Waals surface area contributed by atoms with Crippen molar-refractivity contribution < 1.29 is 14.6 Å².